The highest BCUT2D eigenvalue weighted by molar-refractivity contribution is 7.09. The van der Waals surface area contributed by atoms with Crippen LogP contribution >= 0.6 is 11.3 Å². The Morgan fingerprint density at radius 3 is 2.93 bits per heavy atom. The number of carbonyl (C=O) groups is 1. The summed E-state index contributed by atoms with van der Waals surface area (Å²) < 4.78 is 1.97. The molecule has 0 fully saturated rings. The van der Waals surface area contributed by atoms with Crippen LogP contribution in [-0.4, -0.2) is 20.4 Å². The maximum absolute atomic E-state index is 13.3. The average Bonchev–Trinajstić information content (AvgIpc) is 3.42. The Bertz CT molecular complexity index is 963. The average molecular weight is 395 g/mol. The van der Waals surface area contributed by atoms with Crippen molar-refractivity contribution in [2.45, 2.75) is 51.5 Å². The summed E-state index contributed by atoms with van der Waals surface area (Å²) in [4.78, 5) is 24.0. The summed E-state index contributed by atoms with van der Waals surface area (Å²) in [6.45, 7) is 4.81. The van der Waals surface area contributed by atoms with Crippen LogP contribution in [-0.2, 0) is 24.8 Å². The molecule has 1 aliphatic carbocycles. The molecule has 0 bridgehead atoms. The summed E-state index contributed by atoms with van der Waals surface area (Å²) in [6.07, 6.45) is 8.25. The van der Waals surface area contributed by atoms with Gasteiger partial charge in [-0.25, -0.2) is 9.97 Å². The highest BCUT2D eigenvalue weighted by Crippen LogP contribution is 2.36. The summed E-state index contributed by atoms with van der Waals surface area (Å²) in [5, 5.41) is 2.97. The Hall–Kier alpha value is -2.47. The second kappa shape index (κ2) is 7.87. The molecule has 0 unspecified atom stereocenters. The van der Waals surface area contributed by atoms with Gasteiger partial charge in [-0.15, -0.1) is 11.3 Å². The van der Waals surface area contributed by atoms with Crippen molar-refractivity contribution in [2.24, 2.45) is 7.05 Å². The molecule has 146 valence electrons. The third-order valence-corrected chi connectivity index (χ3v) is 6.70. The molecule has 28 heavy (non-hydrogen) atoms. The minimum Gasteiger partial charge on any atom is -0.337 e. The van der Waals surface area contributed by atoms with Crippen LogP contribution in [0.3, 0.4) is 0 Å². The number of hydrogen-bond donors (Lipinski definition) is 0. The quantitative estimate of drug-likeness (QED) is 0.611. The molecule has 3 aromatic rings. The number of hydrogen-bond acceptors (Lipinski definition) is 4. The lowest BCUT2D eigenvalue weighted by Crippen LogP contribution is -2.32. The molecule has 0 N–H and O–H groups in total. The number of fused-ring (bicyclic) bond motifs is 1. The van der Waals surface area contributed by atoms with Crippen molar-refractivity contribution in [3.63, 3.8) is 0 Å². The normalized spacial score (nSPS) is 16.8. The first kappa shape index (κ1) is 18.9. The van der Waals surface area contributed by atoms with Crippen molar-refractivity contribution in [3.8, 4) is 0 Å². The van der Waals surface area contributed by atoms with E-state index in [1.807, 2.05) is 28.1 Å². The van der Waals surface area contributed by atoms with Crippen LogP contribution in [0.2, 0.25) is 0 Å². The lowest BCUT2D eigenvalue weighted by molar-refractivity contribution is -0.119. The highest BCUT2D eigenvalue weighted by Gasteiger charge is 2.25. The van der Waals surface area contributed by atoms with Gasteiger partial charge in [-0.05, 0) is 42.0 Å². The van der Waals surface area contributed by atoms with E-state index in [0.717, 1.165) is 22.9 Å². The molecule has 0 saturated carbocycles. The number of rotatable bonds is 6. The smallest absolute Gasteiger partial charge is 0.228 e. The van der Waals surface area contributed by atoms with Crippen LogP contribution in [0.4, 0.5) is 5.69 Å². The number of nitrogens with zero attached hydrogens (tertiary/aromatic N) is 4. The zero-order valence-corrected chi connectivity index (χ0v) is 17.4. The molecule has 5 nitrogen and oxygen atoms in total. The number of aryl methyl sites for hydroxylation is 2. The molecule has 0 aliphatic heterocycles. The number of imidazole rings is 1. The first-order valence-corrected chi connectivity index (χ1v) is 10.7. The molecule has 0 saturated heterocycles. The fraction of sp³-hybridized carbons (Fsp3) is 0.409. The molecular weight excluding hydrogens is 368 g/mol. The lowest BCUT2D eigenvalue weighted by Gasteiger charge is -2.25. The highest BCUT2D eigenvalue weighted by atomic mass is 32.1. The molecule has 1 aromatic carbocycles. The van der Waals surface area contributed by atoms with Crippen LogP contribution in [0.1, 0.15) is 60.5 Å². The standard InChI is InChI=1S/C22H26N4OS/c1-15-4-5-17-6-7-18(13-19(15)17)26(14-20-23-8-10-25(20)3)21(27)12-16(2)22-24-9-11-28-22/h6-11,13,15-16H,4-5,12,14H2,1-3H3/t15-,16-/m0/s1. The monoisotopic (exact) mass is 394 g/mol. The Morgan fingerprint density at radius 2 is 2.21 bits per heavy atom. The van der Waals surface area contributed by atoms with E-state index in [2.05, 4.69) is 42.0 Å². The summed E-state index contributed by atoms with van der Waals surface area (Å²) >= 11 is 1.61. The van der Waals surface area contributed by atoms with E-state index in [-0.39, 0.29) is 11.8 Å². The molecule has 2 heterocycles. The third kappa shape index (κ3) is 3.74. The predicted octanol–water partition coefficient (Wildman–Crippen LogP) is 4.65. The van der Waals surface area contributed by atoms with Crippen molar-refractivity contribution in [2.75, 3.05) is 4.90 Å². The fourth-order valence-corrected chi connectivity index (χ4v) is 4.61. The zero-order valence-electron chi connectivity index (χ0n) is 16.6. The van der Waals surface area contributed by atoms with Crippen LogP contribution in [0.5, 0.6) is 0 Å². The van der Waals surface area contributed by atoms with Gasteiger partial charge in [0.2, 0.25) is 5.91 Å². The Morgan fingerprint density at radius 1 is 1.36 bits per heavy atom. The predicted molar refractivity (Wildman–Crippen MR) is 113 cm³/mol. The summed E-state index contributed by atoms with van der Waals surface area (Å²) in [7, 11) is 1.97. The molecule has 2 atom stereocenters. The molecular formula is C22H26N4OS. The van der Waals surface area contributed by atoms with Gasteiger partial charge in [-0.2, -0.15) is 0 Å². The van der Waals surface area contributed by atoms with Gasteiger partial charge in [0.1, 0.15) is 5.82 Å². The van der Waals surface area contributed by atoms with E-state index >= 15 is 0 Å². The van der Waals surface area contributed by atoms with Gasteiger partial charge in [0.25, 0.3) is 0 Å². The summed E-state index contributed by atoms with van der Waals surface area (Å²) in [5.74, 6) is 1.64. The van der Waals surface area contributed by atoms with Gasteiger partial charge in [-0.1, -0.05) is 19.9 Å². The van der Waals surface area contributed by atoms with E-state index in [1.165, 1.54) is 17.5 Å². The van der Waals surface area contributed by atoms with Crippen LogP contribution in [0.25, 0.3) is 0 Å². The fourth-order valence-electron chi connectivity index (χ4n) is 3.92. The van der Waals surface area contributed by atoms with Crippen molar-refractivity contribution >= 4 is 22.9 Å². The number of carbonyl (C=O) groups excluding carboxylic acids is 1. The third-order valence-electron chi connectivity index (χ3n) is 5.69. The molecule has 2 aromatic heterocycles. The molecule has 0 spiro atoms. The molecule has 4 rings (SSSR count). The number of thiazole rings is 1. The van der Waals surface area contributed by atoms with E-state index < -0.39 is 0 Å². The Labute approximate surface area is 170 Å². The Balaban J connectivity index is 1.63. The number of amides is 1. The van der Waals surface area contributed by atoms with E-state index in [4.69, 9.17) is 0 Å². The Kier molecular flexibility index (Phi) is 5.31. The second-order valence-electron chi connectivity index (χ2n) is 7.73. The van der Waals surface area contributed by atoms with E-state index in [1.54, 1.807) is 23.7 Å². The van der Waals surface area contributed by atoms with Crippen molar-refractivity contribution in [1.29, 1.82) is 0 Å². The van der Waals surface area contributed by atoms with Gasteiger partial charge in [-0.3, -0.25) is 4.79 Å². The lowest BCUT2D eigenvalue weighted by atomic mass is 10.0. The van der Waals surface area contributed by atoms with Gasteiger partial charge < -0.3 is 9.47 Å². The summed E-state index contributed by atoms with van der Waals surface area (Å²) in [5.41, 5.74) is 3.76. The van der Waals surface area contributed by atoms with Gasteiger partial charge in [0.15, 0.2) is 0 Å². The molecule has 1 aliphatic rings. The zero-order chi connectivity index (χ0) is 19.7. The van der Waals surface area contributed by atoms with Crippen molar-refractivity contribution in [1.82, 2.24) is 14.5 Å². The maximum Gasteiger partial charge on any atom is 0.228 e. The van der Waals surface area contributed by atoms with Crippen LogP contribution < -0.4 is 4.90 Å². The second-order valence-corrected chi connectivity index (χ2v) is 8.66. The van der Waals surface area contributed by atoms with Gasteiger partial charge in [0, 0.05) is 49.0 Å². The minimum atomic E-state index is 0.102. The van der Waals surface area contributed by atoms with E-state index in [9.17, 15) is 4.79 Å². The van der Waals surface area contributed by atoms with Crippen LogP contribution in [0.15, 0.2) is 42.2 Å². The molecule has 1 amide bonds. The van der Waals surface area contributed by atoms with Crippen molar-refractivity contribution in [3.05, 3.63) is 64.1 Å². The summed E-state index contributed by atoms with van der Waals surface area (Å²) in [6, 6.07) is 6.49. The molecule has 6 heteroatoms. The van der Waals surface area contributed by atoms with E-state index in [0.29, 0.717) is 18.9 Å². The number of benzene rings is 1. The van der Waals surface area contributed by atoms with Gasteiger partial charge in [0.05, 0.1) is 11.6 Å². The van der Waals surface area contributed by atoms with Crippen molar-refractivity contribution < 1.29 is 4.79 Å². The largest absolute Gasteiger partial charge is 0.337 e. The first-order chi connectivity index (χ1) is 13.5. The maximum atomic E-state index is 13.3. The molecule has 0 radical (unpaired) electrons. The number of anilines is 1. The van der Waals surface area contributed by atoms with Crippen LogP contribution in [0, 0.1) is 0 Å². The number of aromatic nitrogens is 3. The minimum absolute atomic E-state index is 0.102. The SMILES string of the molecule is C[C@@H](CC(=O)N(Cc1nccn1C)c1ccc2c(c1)[C@@H](C)CC2)c1nccs1. The first-order valence-electron chi connectivity index (χ1n) is 9.81. The topological polar surface area (TPSA) is 51.0 Å². The van der Waals surface area contributed by atoms with Gasteiger partial charge >= 0.3 is 0 Å².